The van der Waals surface area contributed by atoms with Crippen molar-refractivity contribution >= 4 is 5.69 Å². The summed E-state index contributed by atoms with van der Waals surface area (Å²) in [6, 6.07) is 7.57. The van der Waals surface area contributed by atoms with Gasteiger partial charge in [0.05, 0.1) is 4.92 Å². The predicted octanol–water partition coefficient (Wildman–Crippen LogP) is 3.36. The molecule has 2 rings (SSSR count). The first-order chi connectivity index (χ1) is 8.66. The smallest absolute Gasteiger partial charge is 0.269 e. The fourth-order valence-electron chi connectivity index (χ4n) is 2.66. The van der Waals surface area contributed by atoms with E-state index in [4.69, 9.17) is 0 Å². The highest BCUT2D eigenvalue weighted by atomic mass is 16.6. The Balaban J connectivity index is 1.93. The Bertz CT molecular complexity index is 397. The Morgan fingerprint density at radius 3 is 2.39 bits per heavy atom. The second-order valence-electron chi connectivity index (χ2n) is 5.13. The molecule has 0 aromatic heterocycles. The van der Waals surface area contributed by atoms with E-state index in [-0.39, 0.29) is 10.6 Å². The zero-order valence-corrected chi connectivity index (χ0v) is 10.8. The van der Waals surface area contributed by atoms with Crippen LogP contribution in [-0.4, -0.2) is 22.9 Å². The summed E-state index contributed by atoms with van der Waals surface area (Å²) in [5, 5.41) is 10.6. The van der Waals surface area contributed by atoms with E-state index in [1.807, 2.05) is 12.1 Å². The first kappa shape index (κ1) is 13.0. The number of nitro benzene ring substituents is 1. The molecule has 0 atom stereocenters. The van der Waals surface area contributed by atoms with Gasteiger partial charge in [-0.15, -0.1) is 0 Å². The maximum atomic E-state index is 10.6. The number of nitro groups is 1. The van der Waals surface area contributed by atoms with Crippen molar-refractivity contribution in [3.8, 4) is 0 Å². The normalized spacial score (nSPS) is 17.0. The van der Waals surface area contributed by atoms with Gasteiger partial charge >= 0.3 is 0 Å². The number of benzene rings is 1. The van der Waals surface area contributed by atoms with Crippen LogP contribution in [0.15, 0.2) is 24.3 Å². The van der Waals surface area contributed by atoms with Crippen LogP contribution in [-0.2, 0) is 6.54 Å². The van der Waals surface area contributed by atoms with Gasteiger partial charge in [0.1, 0.15) is 0 Å². The van der Waals surface area contributed by atoms with Crippen LogP contribution >= 0.6 is 0 Å². The molecular weight excluding hydrogens is 228 g/mol. The van der Waals surface area contributed by atoms with Crippen LogP contribution < -0.4 is 0 Å². The second-order valence-corrected chi connectivity index (χ2v) is 5.13. The van der Waals surface area contributed by atoms with Gasteiger partial charge in [0, 0.05) is 24.7 Å². The number of rotatable bonds is 4. The third-order valence-corrected chi connectivity index (χ3v) is 3.78. The second kappa shape index (κ2) is 5.96. The Morgan fingerprint density at radius 2 is 1.83 bits per heavy atom. The van der Waals surface area contributed by atoms with Gasteiger partial charge in [-0.1, -0.05) is 31.4 Å². The Hall–Kier alpha value is -1.42. The molecule has 0 saturated heterocycles. The lowest BCUT2D eigenvalue weighted by atomic mass is 9.94. The van der Waals surface area contributed by atoms with Crippen molar-refractivity contribution in [2.75, 3.05) is 7.05 Å². The lowest BCUT2D eigenvalue weighted by Gasteiger charge is -2.31. The molecule has 98 valence electrons. The van der Waals surface area contributed by atoms with Crippen molar-refractivity contribution in [3.05, 3.63) is 39.9 Å². The van der Waals surface area contributed by atoms with Crippen molar-refractivity contribution in [1.82, 2.24) is 4.90 Å². The average Bonchev–Trinajstić information content (AvgIpc) is 2.40. The molecule has 0 N–H and O–H groups in total. The molecule has 4 nitrogen and oxygen atoms in total. The van der Waals surface area contributed by atoms with Crippen LogP contribution in [0.1, 0.15) is 37.7 Å². The quantitative estimate of drug-likeness (QED) is 0.606. The summed E-state index contributed by atoms with van der Waals surface area (Å²) in [5.41, 5.74) is 1.31. The summed E-state index contributed by atoms with van der Waals surface area (Å²) >= 11 is 0. The minimum atomic E-state index is -0.353. The Kier molecular flexibility index (Phi) is 4.31. The predicted molar refractivity (Wildman–Crippen MR) is 71.4 cm³/mol. The highest BCUT2D eigenvalue weighted by Crippen LogP contribution is 2.23. The van der Waals surface area contributed by atoms with Gasteiger partial charge in [0.2, 0.25) is 0 Å². The first-order valence-corrected chi connectivity index (χ1v) is 6.60. The van der Waals surface area contributed by atoms with E-state index in [0.717, 1.165) is 12.1 Å². The van der Waals surface area contributed by atoms with Gasteiger partial charge < -0.3 is 0 Å². The molecular formula is C14H20N2O2. The highest BCUT2D eigenvalue weighted by molar-refractivity contribution is 5.32. The van der Waals surface area contributed by atoms with Crippen LogP contribution in [0.3, 0.4) is 0 Å². The van der Waals surface area contributed by atoms with E-state index in [9.17, 15) is 10.1 Å². The molecule has 18 heavy (non-hydrogen) atoms. The van der Waals surface area contributed by atoms with E-state index >= 15 is 0 Å². The number of non-ortho nitro benzene ring substituents is 1. The van der Waals surface area contributed by atoms with Crippen LogP contribution in [0.25, 0.3) is 0 Å². The minimum Gasteiger partial charge on any atom is -0.299 e. The molecule has 1 aliphatic rings. The van der Waals surface area contributed by atoms with Crippen molar-refractivity contribution in [1.29, 1.82) is 0 Å². The standard InChI is InChI=1S/C14H20N2O2/c1-15(13-5-3-2-4-6-13)11-12-7-9-14(10-8-12)16(17)18/h7-10,13H,2-6,11H2,1H3. The van der Waals surface area contributed by atoms with E-state index in [1.165, 1.54) is 32.1 Å². The van der Waals surface area contributed by atoms with Gasteiger partial charge in [-0.2, -0.15) is 0 Å². The van der Waals surface area contributed by atoms with Gasteiger partial charge in [0.25, 0.3) is 5.69 Å². The third-order valence-electron chi connectivity index (χ3n) is 3.78. The van der Waals surface area contributed by atoms with Gasteiger partial charge in [-0.05, 0) is 25.5 Å². The molecule has 0 radical (unpaired) electrons. The lowest BCUT2D eigenvalue weighted by Crippen LogP contribution is -2.32. The molecule has 0 aliphatic heterocycles. The monoisotopic (exact) mass is 248 g/mol. The number of hydrogen-bond acceptors (Lipinski definition) is 3. The van der Waals surface area contributed by atoms with E-state index in [2.05, 4.69) is 11.9 Å². The van der Waals surface area contributed by atoms with Crippen molar-refractivity contribution in [3.63, 3.8) is 0 Å². The molecule has 1 aliphatic carbocycles. The summed E-state index contributed by atoms with van der Waals surface area (Å²) < 4.78 is 0. The van der Waals surface area contributed by atoms with Gasteiger partial charge in [-0.3, -0.25) is 15.0 Å². The fraction of sp³-hybridized carbons (Fsp3) is 0.571. The average molecular weight is 248 g/mol. The molecule has 4 heteroatoms. The molecule has 0 heterocycles. The molecule has 0 amide bonds. The van der Waals surface area contributed by atoms with E-state index in [0.29, 0.717) is 6.04 Å². The topological polar surface area (TPSA) is 46.4 Å². The number of nitrogens with zero attached hydrogens (tertiary/aromatic N) is 2. The van der Waals surface area contributed by atoms with Crippen LogP contribution in [0.2, 0.25) is 0 Å². The molecule has 1 aromatic rings. The molecule has 1 fully saturated rings. The van der Waals surface area contributed by atoms with Crippen LogP contribution in [0, 0.1) is 10.1 Å². The lowest BCUT2D eigenvalue weighted by molar-refractivity contribution is -0.384. The van der Waals surface area contributed by atoms with Crippen LogP contribution in [0.4, 0.5) is 5.69 Å². The van der Waals surface area contributed by atoms with Gasteiger partial charge in [-0.25, -0.2) is 0 Å². The summed E-state index contributed by atoms with van der Waals surface area (Å²) in [6.45, 7) is 0.878. The largest absolute Gasteiger partial charge is 0.299 e. The molecule has 0 spiro atoms. The Morgan fingerprint density at radius 1 is 1.22 bits per heavy atom. The molecule has 1 saturated carbocycles. The summed E-state index contributed by atoms with van der Waals surface area (Å²) in [7, 11) is 2.15. The van der Waals surface area contributed by atoms with Crippen molar-refractivity contribution in [2.24, 2.45) is 0 Å². The zero-order chi connectivity index (χ0) is 13.0. The first-order valence-electron chi connectivity index (χ1n) is 6.60. The summed E-state index contributed by atoms with van der Waals surface area (Å²) in [5.74, 6) is 0. The Labute approximate surface area is 108 Å². The minimum absolute atomic E-state index is 0.166. The third kappa shape index (κ3) is 3.29. The van der Waals surface area contributed by atoms with E-state index in [1.54, 1.807) is 12.1 Å². The summed E-state index contributed by atoms with van der Waals surface area (Å²) in [4.78, 5) is 12.6. The highest BCUT2D eigenvalue weighted by Gasteiger charge is 2.18. The maximum Gasteiger partial charge on any atom is 0.269 e. The maximum absolute atomic E-state index is 10.6. The molecule has 0 unspecified atom stereocenters. The molecule has 1 aromatic carbocycles. The fourth-order valence-corrected chi connectivity index (χ4v) is 2.66. The summed E-state index contributed by atoms with van der Waals surface area (Å²) in [6.07, 6.45) is 6.58. The van der Waals surface area contributed by atoms with Gasteiger partial charge in [0.15, 0.2) is 0 Å². The molecule has 0 bridgehead atoms. The van der Waals surface area contributed by atoms with Crippen molar-refractivity contribution < 1.29 is 4.92 Å². The SMILES string of the molecule is CN(Cc1ccc([N+](=O)[O-])cc1)C1CCCCC1. The number of hydrogen-bond donors (Lipinski definition) is 0. The van der Waals surface area contributed by atoms with E-state index < -0.39 is 0 Å². The zero-order valence-electron chi connectivity index (χ0n) is 10.8. The van der Waals surface area contributed by atoms with Crippen LogP contribution in [0.5, 0.6) is 0 Å². The van der Waals surface area contributed by atoms with Crippen molar-refractivity contribution in [2.45, 2.75) is 44.7 Å².